The maximum Gasteiger partial charge on any atom is 0.416 e. The molecule has 7 nitrogen and oxygen atoms in total. The number of H-pyrrole nitrogens is 1. The van der Waals surface area contributed by atoms with Gasteiger partial charge in [0, 0.05) is 10.7 Å². The fourth-order valence-corrected chi connectivity index (χ4v) is 3.11. The molecule has 0 bridgehead atoms. The second-order valence-electron chi connectivity index (χ2n) is 5.68. The Balaban J connectivity index is 2.01. The van der Waals surface area contributed by atoms with Gasteiger partial charge in [-0.3, -0.25) is 0 Å². The van der Waals surface area contributed by atoms with Crippen LogP contribution in [-0.2, 0) is 6.18 Å². The highest BCUT2D eigenvalue weighted by atomic mass is 79.9. The summed E-state index contributed by atoms with van der Waals surface area (Å²) in [6.07, 6.45) is -3.80. The number of alkyl halides is 3. The van der Waals surface area contributed by atoms with E-state index in [0.29, 0.717) is 4.47 Å². The van der Waals surface area contributed by atoms with Crippen LogP contribution in [0.5, 0.6) is 11.5 Å². The van der Waals surface area contributed by atoms with E-state index in [1.165, 1.54) is 12.1 Å². The molecular weight excluding hydrogens is 515 g/mol. The highest BCUT2D eigenvalue weighted by molar-refractivity contribution is 9.10. The number of ether oxygens (including phenoxy) is 1. The zero-order valence-electron chi connectivity index (χ0n) is 14.7. The lowest BCUT2D eigenvalue weighted by atomic mass is 10.2. The van der Waals surface area contributed by atoms with Crippen molar-refractivity contribution in [2.24, 2.45) is 0 Å². The Morgan fingerprint density at radius 1 is 1.19 bits per heavy atom. The van der Waals surface area contributed by atoms with Crippen LogP contribution in [0.4, 0.5) is 27.6 Å². The Morgan fingerprint density at radius 2 is 1.87 bits per heavy atom. The summed E-state index contributed by atoms with van der Waals surface area (Å²) in [6, 6.07) is 4.73. The molecule has 0 aliphatic carbocycles. The fourth-order valence-electron chi connectivity index (χ4n) is 2.27. The summed E-state index contributed by atoms with van der Waals surface area (Å²) in [6.45, 7) is 0. The van der Waals surface area contributed by atoms with Gasteiger partial charge >= 0.3 is 6.18 Å². The molecule has 2 N–H and O–H groups in total. The molecule has 0 unspecified atom stereocenters. The molecule has 2 aromatic carbocycles. The highest BCUT2D eigenvalue weighted by Gasteiger charge is 2.33. The van der Waals surface area contributed by atoms with Crippen LogP contribution in [-0.4, -0.2) is 20.6 Å². The van der Waals surface area contributed by atoms with E-state index < -0.39 is 29.1 Å². The minimum Gasteiger partial charge on any atom is -0.447 e. The quantitative estimate of drug-likeness (QED) is 0.331. The monoisotopic (exact) mass is 520 g/mol. The Morgan fingerprint density at radius 3 is 2.42 bits per heavy atom. The third kappa shape index (κ3) is 5.09. The van der Waals surface area contributed by atoms with Gasteiger partial charge in [-0.1, -0.05) is 27.5 Å². The average Bonchev–Trinajstić information content (AvgIpc) is 3.20. The van der Waals surface area contributed by atoms with Crippen LogP contribution >= 0.6 is 27.5 Å². The molecule has 0 spiro atoms. The van der Waals surface area contributed by atoms with Gasteiger partial charge in [-0.25, -0.2) is 8.78 Å². The minimum atomic E-state index is -4.95. The summed E-state index contributed by atoms with van der Waals surface area (Å²) in [5, 5.41) is 24.5. The zero-order chi connectivity index (χ0) is 22.8. The number of hydrogen-bond acceptors (Lipinski definition) is 6. The van der Waals surface area contributed by atoms with Crippen molar-refractivity contribution in [3.63, 3.8) is 0 Å². The molecule has 0 amide bonds. The normalized spacial score (nSPS) is 11.9. The van der Waals surface area contributed by atoms with Crippen LogP contribution < -0.4 is 10.1 Å². The van der Waals surface area contributed by atoms with Crippen LogP contribution in [0.15, 0.2) is 34.9 Å². The second-order valence-corrected chi connectivity index (χ2v) is 7.01. The van der Waals surface area contributed by atoms with Crippen LogP contribution in [0.3, 0.4) is 0 Å². The maximum atomic E-state index is 14.2. The molecule has 1 heterocycles. The molecule has 0 saturated carbocycles. The predicted octanol–water partition coefficient (Wildman–Crippen LogP) is 5.68. The number of allylic oxidation sites excluding steroid dienone is 1. The van der Waals surface area contributed by atoms with Crippen molar-refractivity contribution in [3.05, 3.63) is 63.0 Å². The highest BCUT2D eigenvalue weighted by Crippen LogP contribution is 2.42. The molecule has 160 valence electrons. The molecule has 14 heteroatoms. The number of aromatic nitrogens is 4. The van der Waals surface area contributed by atoms with Gasteiger partial charge in [-0.05, 0) is 29.5 Å². The molecule has 0 saturated heterocycles. The second kappa shape index (κ2) is 8.86. The van der Waals surface area contributed by atoms with Crippen molar-refractivity contribution < 1.29 is 26.7 Å². The van der Waals surface area contributed by atoms with Crippen molar-refractivity contribution in [2.75, 3.05) is 5.32 Å². The number of aromatic amines is 1. The first-order chi connectivity index (χ1) is 14.6. The topological polar surface area (TPSA) is 99.5 Å². The van der Waals surface area contributed by atoms with E-state index in [-0.39, 0.29) is 40.0 Å². The standard InChI is InChI=1S/C17H7BrClF5N6O/c18-9-3-10(19)14(13(4-9)26-6-7(5-25)16-27-29-30-28-16)31-15-11(20)1-8(2-12(15)21)17(22,23)24/h1-4,6,26H,(H,27,28,29,30). The van der Waals surface area contributed by atoms with Gasteiger partial charge in [0.25, 0.3) is 0 Å². The summed E-state index contributed by atoms with van der Waals surface area (Å²) in [5.74, 6) is -4.62. The maximum absolute atomic E-state index is 14.2. The number of benzene rings is 2. The Bertz CT molecular complexity index is 1170. The van der Waals surface area contributed by atoms with E-state index in [2.05, 4.69) is 41.9 Å². The number of halogens is 7. The summed E-state index contributed by atoms with van der Waals surface area (Å²) >= 11 is 9.27. The first-order valence-corrected chi connectivity index (χ1v) is 9.11. The summed E-state index contributed by atoms with van der Waals surface area (Å²) < 4.78 is 72.3. The number of nitrogens with one attached hydrogen (secondary N) is 2. The predicted molar refractivity (Wildman–Crippen MR) is 102 cm³/mol. The number of rotatable bonds is 5. The average molecular weight is 522 g/mol. The number of anilines is 1. The largest absolute Gasteiger partial charge is 0.447 e. The Kier molecular flexibility index (Phi) is 6.42. The first-order valence-electron chi connectivity index (χ1n) is 7.94. The summed E-state index contributed by atoms with van der Waals surface area (Å²) in [5.41, 5.74) is -1.56. The number of nitriles is 1. The van der Waals surface area contributed by atoms with Crippen LogP contribution in [0, 0.1) is 23.0 Å². The van der Waals surface area contributed by atoms with E-state index in [1.807, 2.05) is 6.07 Å². The molecule has 0 aliphatic heterocycles. The van der Waals surface area contributed by atoms with Crippen molar-refractivity contribution in [1.29, 1.82) is 5.26 Å². The number of tetrazole rings is 1. The van der Waals surface area contributed by atoms with Crippen molar-refractivity contribution in [3.8, 4) is 17.6 Å². The molecule has 1 aromatic heterocycles. The number of hydrogen-bond donors (Lipinski definition) is 2. The zero-order valence-corrected chi connectivity index (χ0v) is 17.1. The van der Waals surface area contributed by atoms with Crippen molar-refractivity contribution in [2.45, 2.75) is 6.18 Å². The van der Waals surface area contributed by atoms with Gasteiger partial charge in [0.1, 0.15) is 11.6 Å². The van der Waals surface area contributed by atoms with Gasteiger partial charge in [0.05, 0.1) is 16.3 Å². The van der Waals surface area contributed by atoms with E-state index in [9.17, 15) is 27.2 Å². The van der Waals surface area contributed by atoms with E-state index in [4.69, 9.17) is 16.3 Å². The van der Waals surface area contributed by atoms with Gasteiger partial charge in [-0.15, -0.1) is 10.2 Å². The Labute approximate surface area is 183 Å². The Hall–Kier alpha value is -3.24. The fraction of sp³-hybridized carbons (Fsp3) is 0.0588. The summed E-state index contributed by atoms with van der Waals surface area (Å²) in [7, 11) is 0. The van der Waals surface area contributed by atoms with Crippen molar-refractivity contribution >= 4 is 38.8 Å². The lowest BCUT2D eigenvalue weighted by Crippen LogP contribution is -2.07. The molecule has 3 aromatic rings. The molecule has 0 fully saturated rings. The van der Waals surface area contributed by atoms with Crippen LogP contribution in [0.2, 0.25) is 5.02 Å². The lowest BCUT2D eigenvalue weighted by Gasteiger charge is -2.16. The molecule has 0 radical (unpaired) electrons. The summed E-state index contributed by atoms with van der Waals surface area (Å²) in [4.78, 5) is 0. The third-order valence-corrected chi connectivity index (χ3v) is 4.36. The minimum absolute atomic E-state index is 0.0225. The molecule has 0 aliphatic rings. The lowest BCUT2D eigenvalue weighted by molar-refractivity contribution is -0.138. The van der Waals surface area contributed by atoms with Gasteiger partial charge in [-0.2, -0.15) is 23.6 Å². The van der Waals surface area contributed by atoms with Gasteiger partial charge in [0.2, 0.25) is 5.82 Å². The van der Waals surface area contributed by atoms with E-state index in [1.54, 1.807) is 0 Å². The van der Waals surface area contributed by atoms with Gasteiger partial charge in [0.15, 0.2) is 23.1 Å². The molecule has 31 heavy (non-hydrogen) atoms. The SMILES string of the molecule is N#CC(=CNc1cc(Br)cc(Cl)c1Oc1c(F)cc(C(F)(F)F)cc1F)c1nn[nH]n1. The first kappa shape index (κ1) is 22.4. The molecule has 3 rings (SSSR count). The van der Waals surface area contributed by atoms with Crippen LogP contribution in [0.1, 0.15) is 11.4 Å². The van der Waals surface area contributed by atoms with Crippen LogP contribution in [0.25, 0.3) is 5.57 Å². The molecule has 0 atom stereocenters. The van der Waals surface area contributed by atoms with Crippen molar-refractivity contribution in [1.82, 2.24) is 20.6 Å². The smallest absolute Gasteiger partial charge is 0.416 e. The third-order valence-electron chi connectivity index (χ3n) is 3.62. The molecular formula is C17H7BrClF5N6O. The van der Waals surface area contributed by atoms with E-state index in [0.717, 1.165) is 6.20 Å². The van der Waals surface area contributed by atoms with E-state index >= 15 is 0 Å². The van der Waals surface area contributed by atoms with Gasteiger partial charge < -0.3 is 10.1 Å². The number of nitrogens with zero attached hydrogens (tertiary/aromatic N) is 4.